The SMILES string of the molecule is N#Cc1ccc(CNC(=O)c2ncc3nc(Cl)ccc3c2O)c(Cl)c1. The summed E-state index contributed by atoms with van der Waals surface area (Å²) in [5.74, 6) is -0.833. The quantitative estimate of drug-likeness (QED) is 0.686. The Bertz CT molecular complexity index is 1030. The van der Waals surface area contributed by atoms with E-state index in [1.807, 2.05) is 6.07 Å². The number of nitrogens with one attached hydrogen (secondary N) is 1. The van der Waals surface area contributed by atoms with Crippen molar-refractivity contribution in [1.82, 2.24) is 15.3 Å². The lowest BCUT2D eigenvalue weighted by Crippen LogP contribution is -2.24. The van der Waals surface area contributed by atoms with Crippen molar-refractivity contribution in [3.05, 3.63) is 63.5 Å². The van der Waals surface area contributed by atoms with Gasteiger partial charge in [0.25, 0.3) is 5.91 Å². The molecule has 0 saturated heterocycles. The molecule has 1 amide bonds. The summed E-state index contributed by atoms with van der Waals surface area (Å²) in [5.41, 5.74) is 1.33. The third kappa shape index (κ3) is 3.48. The molecule has 0 unspecified atom stereocenters. The third-order valence-electron chi connectivity index (χ3n) is 3.52. The molecule has 0 bridgehead atoms. The Morgan fingerprint density at radius 2 is 2.08 bits per heavy atom. The molecule has 0 radical (unpaired) electrons. The van der Waals surface area contributed by atoms with E-state index in [2.05, 4.69) is 15.3 Å². The second kappa shape index (κ2) is 6.93. The molecule has 0 saturated carbocycles. The van der Waals surface area contributed by atoms with E-state index in [4.69, 9.17) is 28.5 Å². The van der Waals surface area contributed by atoms with Gasteiger partial charge in [-0.3, -0.25) is 4.79 Å². The number of amides is 1. The number of hydrogen-bond acceptors (Lipinski definition) is 5. The number of halogens is 2. The number of aromatic nitrogens is 2. The van der Waals surface area contributed by atoms with Crippen molar-refractivity contribution >= 4 is 40.0 Å². The molecule has 0 aliphatic heterocycles. The van der Waals surface area contributed by atoms with Crippen LogP contribution in [-0.4, -0.2) is 21.0 Å². The summed E-state index contributed by atoms with van der Waals surface area (Å²) in [6.07, 6.45) is 1.37. The summed E-state index contributed by atoms with van der Waals surface area (Å²) < 4.78 is 0. The molecule has 0 aliphatic rings. The van der Waals surface area contributed by atoms with Crippen molar-refractivity contribution < 1.29 is 9.90 Å². The summed E-state index contributed by atoms with van der Waals surface area (Å²) in [6, 6.07) is 9.84. The molecule has 6 nitrogen and oxygen atoms in total. The third-order valence-corrected chi connectivity index (χ3v) is 4.09. The van der Waals surface area contributed by atoms with E-state index in [-0.39, 0.29) is 23.1 Å². The van der Waals surface area contributed by atoms with E-state index < -0.39 is 5.91 Å². The number of nitriles is 1. The standard InChI is InChI=1S/C17H10Cl2N4O2/c18-12-5-9(6-20)1-2-10(12)7-22-17(25)15-16(24)11-3-4-14(19)23-13(11)8-21-15/h1-5,8,24H,7H2,(H,22,25). The highest BCUT2D eigenvalue weighted by molar-refractivity contribution is 6.31. The average Bonchev–Trinajstić information content (AvgIpc) is 2.60. The van der Waals surface area contributed by atoms with E-state index in [0.29, 0.717) is 27.1 Å². The smallest absolute Gasteiger partial charge is 0.274 e. The second-order valence-electron chi connectivity index (χ2n) is 5.12. The number of pyridine rings is 2. The average molecular weight is 373 g/mol. The van der Waals surface area contributed by atoms with Gasteiger partial charge in [-0.1, -0.05) is 29.3 Å². The molecule has 3 aromatic rings. The van der Waals surface area contributed by atoms with Crippen LogP contribution in [0.4, 0.5) is 0 Å². The second-order valence-corrected chi connectivity index (χ2v) is 5.92. The van der Waals surface area contributed by atoms with Crippen LogP contribution in [0.15, 0.2) is 36.5 Å². The Balaban J connectivity index is 1.82. The molecule has 2 aromatic heterocycles. The molecule has 0 atom stereocenters. The van der Waals surface area contributed by atoms with Gasteiger partial charge in [-0.25, -0.2) is 9.97 Å². The number of rotatable bonds is 3. The Morgan fingerprint density at radius 3 is 2.80 bits per heavy atom. The topological polar surface area (TPSA) is 98.9 Å². The van der Waals surface area contributed by atoms with Crippen LogP contribution in [0.2, 0.25) is 10.2 Å². The van der Waals surface area contributed by atoms with Crippen LogP contribution in [-0.2, 0) is 6.54 Å². The number of fused-ring (bicyclic) bond motifs is 1. The van der Waals surface area contributed by atoms with Gasteiger partial charge in [-0.2, -0.15) is 5.26 Å². The summed E-state index contributed by atoms with van der Waals surface area (Å²) in [6.45, 7) is 0.126. The number of nitrogens with zero attached hydrogens (tertiary/aromatic N) is 3. The van der Waals surface area contributed by atoms with Gasteiger partial charge in [0.05, 0.1) is 23.3 Å². The van der Waals surface area contributed by atoms with E-state index in [0.717, 1.165) is 0 Å². The Hall–Kier alpha value is -2.88. The predicted molar refractivity (Wildman–Crippen MR) is 93.5 cm³/mol. The highest BCUT2D eigenvalue weighted by Crippen LogP contribution is 2.27. The number of aromatic hydroxyl groups is 1. The molecule has 124 valence electrons. The first-order valence-corrected chi connectivity index (χ1v) is 7.86. The van der Waals surface area contributed by atoms with Gasteiger partial charge in [0.15, 0.2) is 11.4 Å². The normalized spacial score (nSPS) is 10.4. The fourth-order valence-corrected chi connectivity index (χ4v) is 2.65. The zero-order valence-electron chi connectivity index (χ0n) is 12.6. The predicted octanol–water partition coefficient (Wildman–Crippen LogP) is 3.44. The first kappa shape index (κ1) is 17.0. The van der Waals surface area contributed by atoms with Crippen LogP contribution in [0, 0.1) is 11.3 Å². The Morgan fingerprint density at radius 1 is 1.28 bits per heavy atom. The monoisotopic (exact) mass is 372 g/mol. The molecule has 0 fully saturated rings. The molecular weight excluding hydrogens is 363 g/mol. The summed E-state index contributed by atoms with van der Waals surface area (Å²) >= 11 is 11.9. The number of benzene rings is 1. The lowest BCUT2D eigenvalue weighted by molar-refractivity contribution is 0.0943. The van der Waals surface area contributed by atoms with Gasteiger partial charge >= 0.3 is 0 Å². The van der Waals surface area contributed by atoms with E-state index in [1.54, 1.807) is 18.2 Å². The van der Waals surface area contributed by atoms with Gasteiger partial charge in [0, 0.05) is 17.0 Å². The lowest BCUT2D eigenvalue weighted by Gasteiger charge is -2.09. The van der Waals surface area contributed by atoms with Crippen LogP contribution in [0.1, 0.15) is 21.6 Å². The number of hydrogen-bond donors (Lipinski definition) is 2. The molecule has 0 spiro atoms. The van der Waals surface area contributed by atoms with Crippen LogP contribution >= 0.6 is 23.2 Å². The molecule has 1 aromatic carbocycles. The Labute approximate surface area is 152 Å². The highest BCUT2D eigenvalue weighted by Gasteiger charge is 2.16. The molecule has 2 N–H and O–H groups in total. The van der Waals surface area contributed by atoms with Crippen molar-refractivity contribution in [2.24, 2.45) is 0 Å². The van der Waals surface area contributed by atoms with Crippen molar-refractivity contribution in [2.75, 3.05) is 0 Å². The van der Waals surface area contributed by atoms with Gasteiger partial charge < -0.3 is 10.4 Å². The number of carbonyl (C=O) groups is 1. The van der Waals surface area contributed by atoms with Crippen molar-refractivity contribution in [3.63, 3.8) is 0 Å². The van der Waals surface area contributed by atoms with Gasteiger partial charge in [-0.15, -0.1) is 0 Å². The maximum atomic E-state index is 12.3. The van der Waals surface area contributed by atoms with Crippen molar-refractivity contribution in [2.45, 2.75) is 6.54 Å². The maximum absolute atomic E-state index is 12.3. The molecule has 8 heteroatoms. The van der Waals surface area contributed by atoms with Crippen LogP contribution < -0.4 is 5.32 Å². The van der Waals surface area contributed by atoms with Crippen LogP contribution in [0.5, 0.6) is 5.75 Å². The summed E-state index contributed by atoms with van der Waals surface area (Å²) in [4.78, 5) is 20.3. The molecular formula is C17H10Cl2N4O2. The molecule has 25 heavy (non-hydrogen) atoms. The van der Waals surface area contributed by atoms with Gasteiger partial charge in [0.1, 0.15) is 5.15 Å². The van der Waals surface area contributed by atoms with Gasteiger partial charge in [0.2, 0.25) is 0 Å². The zero-order valence-corrected chi connectivity index (χ0v) is 14.1. The van der Waals surface area contributed by atoms with Crippen LogP contribution in [0.25, 0.3) is 10.9 Å². The van der Waals surface area contributed by atoms with E-state index >= 15 is 0 Å². The minimum Gasteiger partial charge on any atom is -0.505 e. The van der Waals surface area contributed by atoms with Gasteiger partial charge in [-0.05, 0) is 29.8 Å². The summed E-state index contributed by atoms with van der Waals surface area (Å²) in [7, 11) is 0. The maximum Gasteiger partial charge on any atom is 0.274 e. The molecule has 0 aliphatic carbocycles. The summed E-state index contributed by atoms with van der Waals surface area (Å²) in [5, 5.41) is 22.7. The lowest BCUT2D eigenvalue weighted by atomic mass is 10.1. The largest absolute Gasteiger partial charge is 0.505 e. The number of carbonyl (C=O) groups excluding carboxylic acids is 1. The highest BCUT2D eigenvalue weighted by atomic mass is 35.5. The first-order valence-electron chi connectivity index (χ1n) is 7.10. The first-order chi connectivity index (χ1) is 12.0. The minimum atomic E-state index is -0.560. The molecule has 3 rings (SSSR count). The van der Waals surface area contributed by atoms with E-state index in [9.17, 15) is 9.90 Å². The fourth-order valence-electron chi connectivity index (χ4n) is 2.25. The minimum absolute atomic E-state index is 0.124. The molecule has 2 heterocycles. The Kier molecular flexibility index (Phi) is 4.70. The van der Waals surface area contributed by atoms with Crippen LogP contribution in [0.3, 0.4) is 0 Å². The fraction of sp³-hybridized carbons (Fsp3) is 0.0588. The van der Waals surface area contributed by atoms with E-state index in [1.165, 1.54) is 18.3 Å². The van der Waals surface area contributed by atoms with Crippen molar-refractivity contribution in [1.29, 1.82) is 5.26 Å². The zero-order chi connectivity index (χ0) is 18.0. The van der Waals surface area contributed by atoms with Crippen molar-refractivity contribution in [3.8, 4) is 11.8 Å².